The molecule has 0 unspecified atom stereocenters. The number of amides is 1. The molecule has 0 saturated carbocycles. The lowest BCUT2D eigenvalue weighted by atomic mass is 10.2. The van der Waals surface area contributed by atoms with Crippen LogP contribution < -0.4 is 4.90 Å². The number of aryl methyl sites for hydroxylation is 1. The predicted octanol–water partition coefficient (Wildman–Crippen LogP) is 4.80. The van der Waals surface area contributed by atoms with Crippen molar-refractivity contribution < 1.29 is 13.9 Å². The molecular weight excluding hydrogens is 448 g/mol. The largest absolute Gasteiger partial charge is 0.379 e. The van der Waals surface area contributed by atoms with Crippen molar-refractivity contribution in [3.05, 3.63) is 58.4 Å². The summed E-state index contributed by atoms with van der Waals surface area (Å²) < 4.78 is 20.0. The first-order valence-electron chi connectivity index (χ1n) is 9.45. The number of benzene rings is 2. The van der Waals surface area contributed by atoms with Crippen LogP contribution in [0.4, 0.5) is 9.52 Å². The van der Waals surface area contributed by atoms with Crippen molar-refractivity contribution in [1.82, 2.24) is 9.88 Å². The Labute approximate surface area is 189 Å². The van der Waals surface area contributed by atoms with Crippen LogP contribution in [0.3, 0.4) is 0 Å². The van der Waals surface area contributed by atoms with E-state index in [0.717, 1.165) is 28.9 Å². The SMILES string of the molecule is Cc1cc(Cl)cc2sc(N(CCN3CCOCC3)C(=O)c3cccc(F)c3)nc12.Cl. The highest BCUT2D eigenvalue weighted by Gasteiger charge is 2.23. The van der Waals surface area contributed by atoms with Crippen molar-refractivity contribution in [2.24, 2.45) is 0 Å². The summed E-state index contributed by atoms with van der Waals surface area (Å²) in [6, 6.07) is 9.49. The highest BCUT2D eigenvalue weighted by Crippen LogP contribution is 2.33. The van der Waals surface area contributed by atoms with Gasteiger partial charge in [-0.2, -0.15) is 0 Å². The Morgan fingerprint density at radius 2 is 2.07 bits per heavy atom. The summed E-state index contributed by atoms with van der Waals surface area (Å²) in [5, 5.41) is 1.23. The second-order valence-electron chi connectivity index (χ2n) is 6.99. The van der Waals surface area contributed by atoms with E-state index in [1.165, 1.54) is 23.5 Å². The van der Waals surface area contributed by atoms with Gasteiger partial charge in [-0.25, -0.2) is 9.37 Å². The smallest absolute Gasteiger partial charge is 0.260 e. The molecule has 0 bridgehead atoms. The van der Waals surface area contributed by atoms with Gasteiger partial charge in [-0.05, 0) is 42.8 Å². The quantitative estimate of drug-likeness (QED) is 0.538. The maximum Gasteiger partial charge on any atom is 0.260 e. The van der Waals surface area contributed by atoms with E-state index < -0.39 is 5.82 Å². The average molecular weight is 470 g/mol. The number of aromatic nitrogens is 1. The Bertz CT molecular complexity index is 1040. The Balaban J connectivity index is 0.00000256. The third-order valence-electron chi connectivity index (χ3n) is 4.93. The summed E-state index contributed by atoms with van der Waals surface area (Å²) in [6.07, 6.45) is 0. The molecule has 3 aromatic rings. The summed E-state index contributed by atoms with van der Waals surface area (Å²) >= 11 is 7.61. The molecule has 1 fully saturated rings. The number of thiazole rings is 1. The van der Waals surface area contributed by atoms with Crippen LogP contribution in [0, 0.1) is 12.7 Å². The maximum absolute atomic E-state index is 13.7. The third kappa shape index (κ3) is 5.10. The number of nitrogens with zero attached hydrogens (tertiary/aromatic N) is 3. The van der Waals surface area contributed by atoms with E-state index >= 15 is 0 Å². The number of anilines is 1. The molecule has 0 spiro atoms. The first kappa shape index (κ1) is 22.9. The fourth-order valence-electron chi connectivity index (χ4n) is 3.39. The van der Waals surface area contributed by atoms with Gasteiger partial charge in [0, 0.05) is 36.8 Å². The van der Waals surface area contributed by atoms with Gasteiger partial charge in [0.25, 0.3) is 5.91 Å². The van der Waals surface area contributed by atoms with Crippen LogP contribution in [0.25, 0.3) is 10.2 Å². The number of hydrogen-bond donors (Lipinski definition) is 0. The topological polar surface area (TPSA) is 45.7 Å². The maximum atomic E-state index is 13.7. The van der Waals surface area contributed by atoms with Crippen LogP contribution in [-0.4, -0.2) is 55.2 Å². The molecule has 1 aliphatic rings. The first-order valence-corrected chi connectivity index (χ1v) is 10.6. The molecule has 1 aromatic heterocycles. The van der Waals surface area contributed by atoms with Gasteiger partial charge < -0.3 is 4.74 Å². The normalized spacial score (nSPS) is 14.5. The zero-order chi connectivity index (χ0) is 20.4. The van der Waals surface area contributed by atoms with Crippen molar-refractivity contribution in [3.63, 3.8) is 0 Å². The number of rotatable bonds is 5. The van der Waals surface area contributed by atoms with Crippen LogP contribution in [0.1, 0.15) is 15.9 Å². The van der Waals surface area contributed by atoms with E-state index in [-0.39, 0.29) is 18.3 Å². The van der Waals surface area contributed by atoms with Crippen molar-refractivity contribution in [2.45, 2.75) is 6.92 Å². The number of carbonyl (C=O) groups is 1. The molecule has 1 amide bonds. The lowest BCUT2D eigenvalue weighted by Crippen LogP contribution is -2.43. The summed E-state index contributed by atoms with van der Waals surface area (Å²) in [5.41, 5.74) is 2.10. The highest BCUT2D eigenvalue weighted by molar-refractivity contribution is 7.22. The number of halogens is 3. The van der Waals surface area contributed by atoms with Gasteiger partial charge >= 0.3 is 0 Å². The highest BCUT2D eigenvalue weighted by atomic mass is 35.5. The van der Waals surface area contributed by atoms with Crippen LogP contribution in [0.2, 0.25) is 5.02 Å². The molecule has 0 aliphatic carbocycles. The van der Waals surface area contributed by atoms with E-state index in [9.17, 15) is 9.18 Å². The molecule has 5 nitrogen and oxygen atoms in total. The minimum atomic E-state index is -0.434. The van der Waals surface area contributed by atoms with Crippen molar-refractivity contribution in [2.75, 3.05) is 44.3 Å². The first-order chi connectivity index (χ1) is 14.0. The van der Waals surface area contributed by atoms with Crippen molar-refractivity contribution in [1.29, 1.82) is 0 Å². The lowest BCUT2D eigenvalue weighted by molar-refractivity contribution is 0.0391. The Morgan fingerprint density at radius 3 is 2.80 bits per heavy atom. The number of carbonyl (C=O) groups excluding carboxylic acids is 1. The van der Waals surface area contributed by atoms with Crippen LogP contribution >= 0.6 is 35.3 Å². The molecule has 2 heterocycles. The van der Waals surface area contributed by atoms with Gasteiger partial charge in [0.15, 0.2) is 5.13 Å². The number of fused-ring (bicyclic) bond motifs is 1. The minimum absolute atomic E-state index is 0. The summed E-state index contributed by atoms with van der Waals surface area (Å²) in [5.74, 6) is -0.698. The fourth-order valence-corrected chi connectivity index (χ4v) is 4.83. The fraction of sp³-hybridized carbons (Fsp3) is 0.333. The Hall–Kier alpha value is -1.77. The van der Waals surface area contributed by atoms with Gasteiger partial charge in [0.1, 0.15) is 5.82 Å². The average Bonchev–Trinajstić information content (AvgIpc) is 3.13. The van der Waals surface area contributed by atoms with Crippen molar-refractivity contribution in [3.8, 4) is 0 Å². The van der Waals surface area contributed by atoms with E-state index in [1.54, 1.807) is 17.0 Å². The van der Waals surface area contributed by atoms with E-state index in [2.05, 4.69) is 4.90 Å². The Morgan fingerprint density at radius 1 is 1.30 bits per heavy atom. The molecule has 0 radical (unpaired) electrons. The molecule has 0 N–H and O–H groups in total. The van der Waals surface area contributed by atoms with Crippen LogP contribution in [0.5, 0.6) is 0 Å². The number of morpholine rings is 1. The summed E-state index contributed by atoms with van der Waals surface area (Å²) in [6.45, 7) is 6.15. The van der Waals surface area contributed by atoms with Gasteiger partial charge in [-0.3, -0.25) is 14.6 Å². The molecule has 4 rings (SSSR count). The molecule has 160 valence electrons. The molecule has 30 heavy (non-hydrogen) atoms. The summed E-state index contributed by atoms with van der Waals surface area (Å²) in [4.78, 5) is 21.9. The van der Waals surface area contributed by atoms with Crippen LogP contribution in [-0.2, 0) is 4.74 Å². The van der Waals surface area contributed by atoms with Crippen molar-refractivity contribution >= 4 is 56.6 Å². The summed E-state index contributed by atoms with van der Waals surface area (Å²) in [7, 11) is 0. The Kier molecular flexibility index (Phi) is 7.65. The second-order valence-corrected chi connectivity index (χ2v) is 8.43. The molecule has 0 atom stereocenters. The lowest BCUT2D eigenvalue weighted by Gasteiger charge is -2.29. The second kappa shape index (κ2) is 10.0. The number of hydrogen-bond acceptors (Lipinski definition) is 5. The van der Waals surface area contributed by atoms with Gasteiger partial charge in [0.05, 0.1) is 23.4 Å². The van der Waals surface area contributed by atoms with Crippen LogP contribution in [0.15, 0.2) is 36.4 Å². The molecule has 1 aliphatic heterocycles. The zero-order valence-corrected chi connectivity index (χ0v) is 18.8. The van der Waals surface area contributed by atoms with E-state index in [1.807, 2.05) is 19.1 Å². The third-order valence-corrected chi connectivity index (χ3v) is 6.17. The monoisotopic (exact) mass is 469 g/mol. The zero-order valence-electron chi connectivity index (χ0n) is 16.4. The minimum Gasteiger partial charge on any atom is -0.379 e. The predicted molar refractivity (Wildman–Crippen MR) is 122 cm³/mol. The van der Waals surface area contributed by atoms with Gasteiger partial charge in [0.2, 0.25) is 0 Å². The van der Waals surface area contributed by atoms with E-state index in [0.29, 0.717) is 42.0 Å². The molecular formula is C21H22Cl2FN3O2S. The standard InChI is InChI=1S/C21H21ClFN3O2S.ClH/c1-14-11-16(22)13-18-19(14)24-21(29-18)26(6-5-25-7-9-28-10-8-25)20(27)15-3-2-4-17(23)12-15;/h2-4,11-13H,5-10H2,1H3;1H. The molecule has 1 saturated heterocycles. The molecule has 9 heteroatoms. The van der Waals surface area contributed by atoms with Gasteiger partial charge in [-0.15, -0.1) is 12.4 Å². The number of ether oxygens (including phenoxy) is 1. The van der Waals surface area contributed by atoms with E-state index in [4.69, 9.17) is 21.3 Å². The van der Waals surface area contributed by atoms with Gasteiger partial charge in [-0.1, -0.05) is 29.0 Å². The molecule has 2 aromatic carbocycles.